The van der Waals surface area contributed by atoms with Gasteiger partial charge in [0, 0.05) is 18.9 Å². The third-order valence-corrected chi connectivity index (χ3v) is 3.94. The maximum Gasteiger partial charge on any atom is 0.335 e. The number of carboxylic acids is 1. The number of aliphatic carboxylic acids is 1. The van der Waals surface area contributed by atoms with E-state index in [0.29, 0.717) is 5.56 Å². The lowest BCUT2D eigenvalue weighted by Crippen LogP contribution is -2.57. The van der Waals surface area contributed by atoms with Gasteiger partial charge in [-0.15, -0.1) is 0 Å². The maximum absolute atomic E-state index is 11.8. The van der Waals surface area contributed by atoms with E-state index < -0.39 is 48.7 Å². The summed E-state index contributed by atoms with van der Waals surface area (Å²) in [7, 11) is 0. The topological polar surface area (TPSA) is 196 Å². The summed E-state index contributed by atoms with van der Waals surface area (Å²) in [6.45, 7) is 0. The van der Waals surface area contributed by atoms with E-state index in [1.165, 1.54) is 24.3 Å². The minimum Gasteiger partial charge on any atom is -0.504 e. The first-order valence-electron chi connectivity index (χ1n) is 7.35. The predicted octanol–water partition coefficient (Wildman–Crippen LogP) is -1.47. The molecule has 1 saturated carbocycles. The second-order valence-corrected chi connectivity index (χ2v) is 5.86. The number of carbonyl (C=O) groups is 2. The summed E-state index contributed by atoms with van der Waals surface area (Å²) in [4.78, 5) is 22.9. The monoisotopic (exact) mass is 372 g/mol. The van der Waals surface area contributed by atoms with Gasteiger partial charge in [-0.2, -0.15) is 0 Å². The number of ether oxygens (including phenoxy) is 1. The number of carbonyl (C=O) groups excluding carboxylic acids is 1. The lowest BCUT2D eigenvalue weighted by molar-refractivity contribution is -0.196. The van der Waals surface area contributed by atoms with Crippen LogP contribution < -0.4 is 0 Å². The summed E-state index contributed by atoms with van der Waals surface area (Å²) in [5.74, 6) is -3.24. The smallest absolute Gasteiger partial charge is 0.335 e. The highest BCUT2D eigenvalue weighted by Crippen LogP contribution is 2.31. The molecule has 10 heteroatoms. The van der Waals surface area contributed by atoms with Gasteiger partial charge in [0.2, 0.25) is 0 Å². The van der Waals surface area contributed by atoms with Crippen molar-refractivity contribution in [3.63, 3.8) is 0 Å². The van der Waals surface area contributed by atoms with Crippen molar-refractivity contribution in [2.45, 2.75) is 36.8 Å². The summed E-state index contributed by atoms with van der Waals surface area (Å²) in [5, 5.41) is 57.0. The molecule has 0 unspecified atom stereocenters. The molecule has 0 heterocycles. The molecule has 10 nitrogen and oxygen atoms in total. The number of hydrogen-bond acceptors (Lipinski definition) is 8. The Bertz CT molecular complexity index is 700. The van der Waals surface area contributed by atoms with Crippen molar-refractivity contribution in [1.29, 1.82) is 0 Å². The highest BCUT2D eigenvalue weighted by atomic mass is 16.6. The second kappa shape index (κ2) is 8.15. The maximum atomic E-state index is 11.8. The first-order chi connectivity index (χ1) is 11.6. The fourth-order valence-corrected chi connectivity index (χ4v) is 2.53. The van der Waals surface area contributed by atoms with Crippen LogP contribution in [-0.2, 0) is 14.3 Å². The van der Waals surface area contributed by atoms with Crippen molar-refractivity contribution in [2.24, 2.45) is 0 Å². The second-order valence-electron chi connectivity index (χ2n) is 5.86. The van der Waals surface area contributed by atoms with E-state index in [1.54, 1.807) is 0 Å². The van der Waals surface area contributed by atoms with E-state index in [9.17, 15) is 35.1 Å². The van der Waals surface area contributed by atoms with Crippen molar-refractivity contribution < 1.29 is 50.4 Å². The molecule has 1 fully saturated rings. The van der Waals surface area contributed by atoms with Gasteiger partial charge in [-0.25, -0.2) is 9.59 Å². The van der Waals surface area contributed by atoms with E-state index in [-0.39, 0.29) is 17.0 Å². The van der Waals surface area contributed by atoms with Crippen LogP contribution in [0.25, 0.3) is 6.08 Å². The fourth-order valence-electron chi connectivity index (χ4n) is 2.53. The number of hydrogen-bond donors (Lipinski definition) is 6. The third kappa shape index (κ3) is 4.70. The summed E-state index contributed by atoms with van der Waals surface area (Å²) in [6, 6.07) is 3.83. The fraction of sp³-hybridized carbons (Fsp3) is 0.375. The van der Waals surface area contributed by atoms with Crippen molar-refractivity contribution in [3.05, 3.63) is 29.8 Å². The zero-order valence-electron chi connectivity index (χ0n) is 13.4. The number of phenols is 2. The first kappa shape index (κ1) is 21.4. The third-order valence-electron chi connectivity index (χ3n) is 3.94. The van der Waals surface area contributed by atoms with Crippen molar-refractivity contribution >= 4 is 18.0 Å². The molecule has 4 atom stereocenters. The quantitative estimate of drug-likeness (QED) is 0.207. The van der Waals surface area contributed by atoms with E-state index >= 15 is 0 Å². The Kier molecular flexibility index (Phi) is 6.70. The molecule has 0 aromatic heterocycles. The molecule has 0 bridgehead atoms. The Balaban J connectivity index is 0.00000338. The van der Waals surface area contributed by atoms with Gasteiger partial charge < -0.3 is 40.9 Å². The lowest BCUT2D eigenvalue weighted by atomic mass is 9.79. The van der Waals surface area contributed by atoms with Crippen LogP contribution in [0.1, 0.15) is 18.4 Å². The number of benzene rings is 1. The van der Waals surface area contributed by atoms with E-state index in [4.69, 9.17) is 9.84 Å². The Labute approximate surface area is 147 Å². The van der Waals surface area contributed by atoms with Crippen LogP contribution in [0.4, 0.5) is 0 Å². The minimum atomic E-state index is -2.31. The molecule has 2 rings (SSSR count). The van der Waals surface area contributed by atoms with Crippen LogP contribution in [0.3, 0.4) is 0 Å². The van der Waals surface area contributed by atoms with Crippen LogP contribution in [0.15, 0.2) is 24.3 Å². The van der Waals surface area contributed by atoms with Gasteiger partial charge in [0.05, 0.1) is 6.10 Å². The Hall–Kier alpha value is -2.66. The molecule has 26 heavy (non-hydrogen) atoms. The molecule has 0 spiro atoms. The van der Waals surface area contributed by atoms with Crippen LogP contribution in [-0.4, -0.2) is 72.0 Å². The van der Waals surface area contributed by atoms with Crippen LogP contribution in [0.2, 0.25) is 0 Å². The van der Waals surface area contributed by atoms with Crippen molar-refractivity contribution in [2.75, 3.05) is 0 Å². The number of aromatic hydroxyl groups is 2. The highest BCUT2D eigenvalue weighted by Gasteiger charge is 2.50. The van der Waals surface area contributed by atoms with Crippen LogP contribution in [0, 0.1) is 0 Å². The molecular weight excluding hydrogens is 352 g/mol. The number of rotatable bonds is 4. The molecule has 1 aromatic carbocycles. The minimum absolute atomic E-state index is 0. The van der Waals surface area contributed by atoms with Gasteiger partial charge >= 0.3 is 11.9 Å². The Morgan fingerprint density at radius 1 is 1.15 bits per heavy atom. The van der Waals surface area contributed by atoms with Gasteiger partial charge in [-0.1, -0.05) is 6.07 Å². The zero-order chi connectivity index (χ0) is 18.8. The van der Waals surface area contributed by atoms with Gasteiger partial charge in [0.25, 0.3) is 0 Å². The lowest BCUT2D eigenvalue weighted by Gasteiger charge is -2.39. The van der Waals surface area contributed by atoms with E-state index in [1.807, 2.05) is 0 Å². The molecule has 0 radical (unpaired) electrons. The molecular formula is C16H20O10. The van der Waals surface area contributed by atoms with Gasteiger partial charge in [-0.05, 0) is 23.8 Å². The predicted molar refractivity (Wildman–Crippen MR) is 86.1 cm³/mol. The van der Waals surface area contributed by atoms with E-state index in [2.05, 4.69) is 0 Å². The van der Waals surface area contributed by atoms with Crippen LogP contribution >= 0.6 is 0 Å². The van der Waals surface area contributed by atoms with Gasteiger partial charge in [-0.3, -0.25) is 0 Å². The number of carboxylic acid groups (broad SMARTS) is 1. The summed E-state index contributed by atoms with van der Waals surface area (Å²) >= 11 is 0. The summed E-state index contributed by atoms with van der Waals surface area (Å²) in [5.41, 5.74) is -1.94. The number of phenolic OH excluding ortho intramolecular Hbond substituents is 2. The average Bonchev–Trinajstić information content (AvgIpc) is 2.53. The van der Waals surface area contributed by atoms with E-state index in [0.717, 1.165) is 6.08 Å². The number of esters is 1. The Morgan fingerprint density at radius 3 is 2.38 bits per heavy atom. The van der Waals surface area contributed by atoms with Crippen LogP contribution in [0.5, 0.6) is 11.5 Å². The molecule has 0 saturated heterocycles. The molecule has 1 aliphatic rings. The number of aliphatic hydroxyl groups is 3. The van der Waals surface area contributed by atoms with Crippen molar-refractivity contribution in [1.82, 2.24) is 0 Å². The normalized spacial score (nSPS) is 28.3. The molecule has 1 aliphatic carbocycles. The molecule has 144 valence electrons. The van der Waals surface area contributed by atoms with Gasteiger partial charge in [0.15, 0.2) is 17.1 Å². The molecule has 0 aliphatic heterocycles. The number of aliphatic hydroxyl groups excluding tert-OH is 2. The summed E-state index contributed by atoms with van der Waals surface area (Å²) < 4.78 is 4.92. The first-order valence-corrected chi connectivity index (χ1v) is 7.35. The zero-order valence-corrected chi connectivity index (χ0v) is 13.4. The molecule has 8 N–H and O–H groups in total. The highest BCUT2D eigenvalue weighted by molar-refractivity contribution is 5.87. The average molecular weight is 372 g/mol. The summed E-state index contributed by atoms with van der Waals surface area (Å²) in [6.07, 6.45) is -3.44. The Morgan fingerprint density at radius 2 is 1.81 bits per heavy atom. The van der Waals surface area contributed by atoms with Crippen molar-refractivity contribution in [3.8, 4) is 11.5 Å². The molecule has 1 aromatic rings. The standard InChI is InChI=1S/C16H18O9.H2O/c17-9-3-1-8(5-10(9)18)2-4-13(20)25-12-7-16(24,15(22)23)6-11(19)14(12)21;/h1-5,11-12,14,17-19,21,24H,6-7H2,(H,22,23);1H2/b4-2+;/t11-,12-,14-,16+;/m1./s1. The SMILES string of the molecule is O.O=C(/C=C/c1ccc(O)c(O)c1)O[C@@H]1C[C@](O)(C(=O)O)C[C@@H](O)[C@H]1O. The van der Waals surface area contributed by atoms with Gasteiger partial charge in [0.1, 0.15) is 12.2 Å². The largest absolute Gasteiger partial charge is 0.504 e. The molecule has 0 amide bonds.